The number of ketones is 4. The first-order valence-corrected chi connectivity index (χ1v) is 31.5. The van der Waals surface area contributed by atoms with Crippen molar-refractivity contribution in [3.8, 4) is 45.8 Å². The van der Waals surface area contributed by atoms with Crippen molar-refractivity contribution in [1.29, 1.82) is 0 Å². The van der Waals surface area contributed by atoms with Crippen LogP contribution in [-0.4, -0.2) is 69.5 Å². The molecular weight excluding hydrogens is 1120 g/mol. The molecule has 4 aliphatic rings. The highest BCUT2D eigenvalue weighted by Crippen LogP contribution is 2.35. The zero-order valence-corrected chi connectivity index (χ0v) is 53.1. The van der Waals surface area contributed by atoms with E-state index in [9.17, 15) is 19.2 Å². The Hall–Kier alpha value is -7.76. The third-order valence-corrected chi connectivity index (χ3v) is 15.9. The monoisotopic (exact) mass is 1210 g/mol. The molecule has 12 rings (SSSR count). The van der Waals surface area contributed by atoms with Gasteiger partial charge in [-0.1, -0.05) is 72.1 Å². The van der Waals surface area contributed by atoms with Gasteiger partial charge in [-0.3, -0.25) is 19.2 Å². The summed E-state index contributed by atoms with van der Waals surface area (Å²) in [5.74, 6) is 8.53. The van der Waals surface area contributed by atoms with E-state index in [-0.39, 0.29) is 49.6 Å². The number of carbonyl (C=O) groups is 4. The fourth-order valence-electron chi connectivity index (χ4n) is 9.57. The van der Waals surface area contributed by atoms with Crippen LogP contribution < -0.4 is 0 Å². The van der Waals surface area contributed by atoms with Crippen molar-refractivity contribution in [3.63, 3.8) is 0 Å². The van der Waals surface area contributed by atoms with E-state index < -0.39 is 0 Å². The molecule has 0 amide bonds. The normalized spacial score (nSPS) is 14.2. The van der Waals surface area contributed by atoms with E-state index in [4.69, 9.17) is 36.6 Å². The highest BCUT2D eigenvalue weighted by Gasteiger charge is 2.27. The molecule has 4 aromatic heterocycles. The van der Waals surface area contributed by atoms with Crippen LogP contribution in [0.15, 0.2) is 115 Å². The zero-order valence-electron chi connectivity index (χ0n) is 53.1. The Bertz CT molecular complexity index is 3290. The lowest BCUT2D eigenvalue weighted by molar-refractivity contribution is -0.125. The maximum atomic E-state index is 11.7. The summed E-state index contributed by atoms with van der Waals surface area (Å²) >= 11 is 0. The Morgan fingerprint density at radius 3 is 0.764 bits per heavy atom. The summed E-state index contributed by atoms with van der Waals surface area (Å²) in [6.45, 7) is 17.7. The number of hydrogen-bond donors (Lipinski definition) is 0. The molecule has 0 radical (unpaired) electrons. The molecular formula is C73H86N4O12. The van der Waals surface area contributed by atoms with Crippen LogP contribution in [0.5, 0.6) is 0 Å². The van der Waals surface area contributed by atoms with Crippen LogP contribution in [-0.2, 0) is 71.0 Å². The lowest BCUT2D eigenvalue weighted by Crippen LogP contribution is -2.09. The molecule has 0 atom stereocenters. The lowest BCUT2D eigenvalue weighted by Gasteiger charge is -2.01. The van der Waals surface area contributed by atoms with Gasteiger partial charge < -0.3 is 36.6 Å². The summed E-state index contributed by atoms with van der Waals surface area (Å²) in [5, 5.41) is 0. The molecule has 470 valence electrons. The van der Waals surface area contributed by atoms with E-state index >= 15 is 0 Å². The van der Waals surface area contributed by atoms with Crippen LogP contribution in [0, 0.1) is 72.1 Å². The molecule has 8 aromatic rings. The van der Waals surface area contributed by atoms with E-state index in [0.717, 1.165) is 74.5 Å². The summed E-state index contributed by atoms with van der Waals surface area (Å²) in [7, 11) is 0. The number of ether oxygens (including phenoxy) is 4. The number of carbonyl (C=O) groups excluding carboxylic acids is 4. The minimum atomic E-state index is 0.169. The Morgan fingerprint density at radius 2 is 0.562 bits per heavy atom. The average Bonchev–Trinajstić information content (AvgIpc) is 2.98. The van der Waals surface area contributed by atoms with Gasteiger partial charge in [-0.2, -0.15) is 0 Å². The first-order valence-electron chi connectivity index (χ1n) is 31.5. The highest BCUT2D eigenvalue weighted by atomic mass is 16.5. The molecule has 4 saturated carbocycles. The van der Waals surface area contributed by atoms with Gasteiger partial charge in [-0.25, -0.2) is 19.9 Å². The van der Waals surface area contributed by atoms with Crippen molar-refractivity contribution in [2.24, 2.45) is 23.7 Å². The minimum absolute atomic E-state index is 0.169. The highest BCUT2D eigenvalue weighted by molar-refractivity contribution is 5.81. The van der Waals surface area contributed by atoms with E-state index in [1.807, 2.05) is 133 Å². The third kappa shape index (κ3) is 21.8. The van der Waals surface area contributed by atoms with Crippen molar-refractivity contribution < 1.29 is 55.8 Å². The van der Waals surface area contributed by atoms with Crippen molar-refractivity contribution in [3.05, 3.63) is 165 Å². The number of rotatable bonds is 29. The number of Topliss-reactive ketones (excluding diaryl/α,β-unsaturated/α-hetero) is 4. The fraction of sp³-hybridized carbons (Fsp3) is 0.452. The Labute approximate surface area is 522 Å². The second-order valence-electron chi connectivity index (χ2n) is 24.5. The van der Waals surface area contributed by atoms with Crippen LogP contribution >= 0.6 is 0 Å². The minimum Gasteiger partial charge on any atom is -0.441 e. The zero-order chi connectivity index (χ0) is 62.8. The molecule has 0 bridgehead atoms. The molecule has 4 aromatic carbocycles. The van der Waals surface area contributed by atoms with Gasteiger partial charge in [-0.15, -0.1) is 0 Å². The molecule has 0 N–H and O–H groups in total. The molecule has 16 heteroatoms. The standard InChI is InChI=1S/C19H23NO3.3C18H21NO3/c1-3-14-6-8-16(9-7-14)19-20-18(13(2)23-19)12-22-11-17(21)10-15-4-5-15;3*1-12-3-7-15(8-4-12)18-19-17(13(2)22-18)11-21-10-16(20)9-14-5-6-14/h6-9,15H,3-5,10-12H2,1-2H3;3*3-4,7-8,14H,5-6,9-11H2,1-2H3. The quantitative estimate of drug-likeness (QED) is 0.0427. The van der Waals surface area contributed by atoms with Gasteiger partial charge >= 0.3 is 0 Å². The molecule has 0 aliphatic heterocycles. The third-order valence-electron chi connectivity index (χ3n) is 15.9. The molecule has 0 spiro atoms. The maximum absolute atomic E-state index is 11.7. The molecule has 0 unspecified atom stereocenters. The van der Waals surface area contributed by atoms with E-state index in [1.165, 1.54) is 73.6 Å². The molecule has 4 heterocycles. The van der Waals surface area contributed by atoms with Crippen LogP contribution in [0.3, 0.4) is 0 Å². The molecule has 4 fully saturated rings. The molecule has 16 nitrogen and oxygen atoms in total. The summed E-state index contributed by atoms with van der Waals surface area (Å²) in [4.78, 5) is 64.6. The number of aryl methyl sites for hydroxylation is 8. The predicted octanol–water partition coefficient (Wildman–Crippen LogP) is 15.6. The van der Waals surface area contributed by atoms with Crippen LogP contribution in [0.1, 0.15) is 152 Å². The van der Waals surface area contributed by atoms with Gasteiger partial charge in [0.05, 0.1) is 26.4 Å². The predicted molar refractivity (Wildman–Crippen MR) is 338 cm³/mol. The summed E-state index contributed by atoms with van der Waals surface area (Å²) in [6.07, 6.45) is 13.2. The van der Waals surface area contributed by atoms with Crippen molar-refractivity contribution in [2.75, 3.05) is 26.4 Å². The summed E-state index contributed by atoms with van der Waals surface area (Å²) in [6, 6.07) is 32.3. The van der Waals surface area contributed by atoms with Crippen molar-refractivity contribution in [1.82, 2.24) is 19.9 Å². The smallest absolute Gasteiger partial charge is 0.226 e. The Kier molecular flexibility index (Phi) is 23.7. The first kappa shape index (κ1) is 65.7. The Balaban J connectivity index is 0.000000141. The van der Waals surface area contributed by atoms with Gasteiger partial charge in [0.2, 0.25) is 23.6 Å². The fourth-order valence-corrected chi connectivity index (χ4v) is 9.57. The molecule has 4 aliphatic carbocycles. The van der Waals surface area contributed by atoms with Crippen molar-refractivity contribution >= 4 is 23.1 Å². The first-order chi connectivity index (χ1) is 43.0. The van der Waals surface area contributed by atoms with Gasteiger partial charge in [0.15, 0.2) is 23.1 Å². The number of oxazole rings is 4. The van der Waals surface area contributed by atoms with Gasteiger partial charge in [0.25, 0.3) is 0 Å². The summed E-state index contributed by atoms with van der Waals surface area (Å²) in [5.41, 5.74) is 11.7. The second kappa shape index (κ2) is 32.1. The maximum Gasteiger partial charge on any atom is 0.226 e. The number of aromatic nitrogens is 4. The van der Waals surface area contributed by atoms with Gasteiger partial charge in [0, 0.05) is 47.9 Å². The number of nitrogens with zero attached hydrogens (tertiary/aromatic N) is 4. The summed E-state index contributed by atoms with van der Waals surface area (Å²) < 4.78 is 44.8. The molecule has 0 saturated heterocycles. The Morgan fingerprint density at radius 1 is 0.348 bits per heavy atom. The topological polar surface area (TPSA) is 209 Å². The number of benzene rings is 4. The average molecular weight is 1210 g/mol. The van der Waals surface area contributed by atoms with Gasteiger partial charge in [-0.05, 0) is 184 Å². The number of hydrogen-bond acceptors (Lipinski definition) is 16. The van der Waals surface area contributed by atoms with Gasteiger partial charge in [0.1, 0.15) is 72.2 Å². The van der Waals surface area contributed by atoms with Crippen LogP contribution in [0.25, 0.3) is 45.8 Å². The lowest BCUT2D eigenvalue weighted by atomic mass is 10.1. The van der Waals surface area contributed by atoms with E-state index in [2.05, 4.69) is 39.0 Å². The van der Waals surface area contributed by atoms with E-state index in [0.29, 0.717) is 99.3 Å². The SMILES string of the molecule is CCc1ccc(-c2nc(COCC(=O)CC3CC3)c(C)o2)cc1.Cc1ccc(-c2nc(COCC(=O)CC3CC3)c(C)o2)cc1.Cc1ccc(-c2nc(COCC(=O)CC3CC3)c(C)o2)cc1.Cc1ccc(-c2nc(COCC(=O)CC3CC3)c(C)o2)cc1. The van der Waals surface area contributed by atoms with Crippen molar-refractivity contribution in [2.45, 2.75) is 165 Å². The van der Waals surface area contributed by atoms with E-state index in [1.54, 1.807) is 0 Å². The van der Waals surface area contributed by atoms with Crippen LogP contribution in [0.2, 0.25) is 0 Å². The molecule has 89 heavy (non-hydrogen) atoms. The largest absolute Gasteiger partial charge is 0.441 e. The van der Waals surface area contributed by atoms with Crippen LogP contribution in [0.4, 0.5) is 0 Å². The second-order valence-corrected chi connectivity index (χ2v) is 24.5.